The van der Waals surface area contributed by atoms with Crippen molar-refractivity contribution in [3.05, 3.63) is 29.8 Å². The van der Waals surface area contributed by atoms with Gasteiger partial charge in [0.25, 0.3) is 0 Å². The molecule has 0 aromatic heterocycles. The molecule has 0 atom stereocenters. The predicted octanol–water partition coefficient (Wildman–Crippen LogP) is 3.02. The summed E-state index contributed by atoms with van der Waals surface area (Å²) >= 11 is 0. The summed E-state index contributed by atoms with van der Waals surface area (Å²) in [5, 5.41) is 5.97. The summed E-state index contributed by atoms with van der Waals surface area (Å²) in [5.74, 6) is 0.733. The lowest BCUT2D eigenvalue weighted by Crippen LogP contribution is -2.56. The molecule has 1 aliphatic rings. The maximum Gasteiger partial charge on any atom is 0.319 e. The van der Waals surface area contributed by atoms with Gasteiger partial charge in [0.05, 0.1) is 5.54 Å². The molecule has 1 aliphatic carbocycles. The summed E-state index contributed by atoms with van der Waals surface area (Å²) in [6.45, 7) is 4.78. The Labute approximate surface area is 121 Å². The molecule has 1 saturated carbocycles. The number of carbonyl (C=O) groups excluding carboxylic acids is 1. The lowest BCUT2D eigenvalue weighted by Gasteiger charge is -2.39. The fraction of sp³-hybridized carbons (Fsp3) is 0.562. The summed E-state index contributed by atoms with van der Waals surface area (Å²) in [7, 11) is 0. The molecular formula is C16H25N3O. The molecule has 0 aliphatic heterocycles. The second-order valence-electron chi connectivity index (χ2n) is 6.11. The van der Waals surface area contributed by atoms with Crippen LogP contribution in [-0.2, 0) is 0 Å². The molecule has 0 saturated heterocycles. The van der Waals surface area contributed by atoms with Gasteiger partial charge in [-0.25, -0.2) is 4.79 Å². The third-order valence-electron chi connectivity index (χ3n) is 4.31. The molecule has 4 N–H and O–H groups in total. The van der Waals surface area contributed by atoms with E-state index in [1.165, 1.54) is 5.56 Å². The van der Waals surface area contributed by atoms with Gasteiger partial charge in [-0.2, -0.15) is 0 Å². The van der Waals surface area contributed by atoms with Crippen molar-refractivity contribution < 1.29 is 4.79 Å². The van der Waals surface area contributed by atoms with E-state index in [0.29, 0.717) is 6.54 Å². The van der Waals surface area contributed by atoms with Crippen LogP contribution in [0.4, 0.5) is 10.5 Å². The van der Waals surface area contributed by atoms with E-state index in [9.17, 15) is 4.79 Å². The van der Waals surface area contributed by atoms with Gasteiger partial charge in [-0.05, 0) is 50.7 Å². The van der Waals surface area contributed by atoms with E-state index in [-0.39, 0.29) is 11.6 Å². The van der Waals surface area contributed by atoms with Gasteiger partial charge in [-0.3, -0.25) is 0 Å². The quantitative estimate of drug-likeness (QED) is 0.793. The van der Waals surface area contributed by atoms with Crippen LogP contribution in [-0.4, -0.2) is 18.1 Å². The molecule has 0 spiro atoms. The van der Waals surface area contributed by atoms with E-state index in [1.54, 1.807) is 0 Å². The molecule has 1 fully saturated rings. The van der Waals surface area contributed by atoms with Crippen LogP contribution in [0, 0.1) is 12.8 Å². The average molecular weight is 275 g/mol. The van der Waals surface area contributed by atoms with E-state index in [2.05, 4.69) is 17.6 Å². The number of nitrogens with one attached hydrogen (secondary N) is 2. The van der Waals surface area contributed by atoms with Crippen molar-refractivity contribution in [1.82, 2.24) is 5.32 Å². The van der Waals surface area contributed by atoms with Gasteiger partial charge in [0.1, 0.15) is 0 Å². The molecule has 20 heavy (non-hydrogen) atoms. The summed E-state index contributed by atoms with van der Waals surface area (Å²) in [4.78, 5) is 12.1. The fourth-order valence-corrected chi connectivity index (χ4v) is 2.73. The molecule has 0 heterocycles. The number of hydrogen-bond acceptors (Lipinski definition) is 2. The molecule has 0 radical (unpaired) electrons. The van der Waals surface area contributed by atoms with E-state index in [4.69, 9.17) is 5.73 Å². The Morgan fingerprint density at radius 3 is 2.45 bits per heavy atom. The molecule has 4 nitrogen and oxygen atoms in total. The van der Waals surface area contributed by atoms with Crippen LogP contribution >= 0.6 is 0 Å². The molecule has 2 rings (SSSR count). The van der Waals surface area contributed by atoms with E-state index < -0.39 is 0 Å². The first-order chi connectivity index (χ1) is 9.53. The van der Waals surface area contributed by atoms with Crippen LogP contribution in [0.25, 0.3) is 0 Å². The van der Waals surface area contributed by atoms with Gasteiger partial charge in [0, 0.05) is 12.2 Å². The maximum atomic E-state index is 12.1. The van der Waals surface area contributed by atoms with Crippen molar-refractivity contribution in [2.75, 3.05) is 11.9 Å². The number of benzene rings is 1. The smallest absolute Gasteiger partial charge is 0.319 e. The Kier molecular flexibility index (Phi) is 4.65. The Morgan fingerprint density at radius 2 is 1.90 bits per heavy atom. The standard InChI is InChI=1S/C16H25N3O/c1-12-3-5-14(6-4-12)18-15(20)19-16(11-17)9-7-13(2)8-10-16/h3-6,13H,7-11,17H2,1-2H3,(H2,18,19,20). The van der Waals surface area contributed by atoms with Crippen LogP contribution < -0.4 is 16.4 Å². The summed E-state index contributed by atoms with van der Waals surface area (Å²) in [6.07, 6.45) is 4.18. The largest absolute Gasteiger partial charge is 0.331 e. The normalized spacial score (nSPS) is 26.1. The molecule has 2 amide bonds. The Hall–Kier alpha value is -1.55. The van der Waals surface area contributed by atoms with Crippen molar-refractivity contribution in [1.29, 1.82) is 0 Å². The highest BCUT2D eigenvalue weighted by atomic mass is 16.2. The SMILES string of the molecule is Cc1ccc(NC(=O)NC2(CN)CCC(C)CC2)cc1. The Balaban J connectivity index is 1.94. The van der Waals surface area contributed by atoms with Crippen LogP contribution in [0.2, 0.25) is 0 Å². The monoisotopic (exact) mass is 275 g/mol. The molecule has 1 aromatic rings. The number of hydrogen-bond donors (Lipinski definition) is 3. The minimum absolute atomic E-state index is 0.158. The van der Waals surface area contributed by atoms with E-state index >= 15 is 0 Å². The van der Waals surface area contributed by atoms with E-state index in [1.807, 2.05) is 31.2 Å². The zero-order valence-corrected chi connectivity index (χ0v) is 12.4. The minimum Gasteiger partial charge on any atom is -0.331 e. The van der Waals surface area contributed by atoms with Gasteiger partial charge in [0.15, 0.2) is 0 Å². The number of rotatable bonds is 3. The molecule has 1 aromatic carbocycles. The molecule has 4 heteroatoms. The number of nitrogens with two attached hydrogens (primary N) is 1. The van der Waals surface area contributed by atoms with Crippen molar-refractivity contribution in [3.63, 3.8) is 0 Å². The third-order valence-corrected chi connectivity index (χ3v) is 4.31. The van der Waals surface area contributed by atoms with Crippen molar-refractivity contribution in [3.8, 4) is 0 Å². The average Bonchev–Trinajstić information content (AvgIpc) is 2.44. The number of amides is 2. The van der Waals surface area contributed by atoms with Gasteiger partial charge in [0.2, 0.25) is 0 Å². The number of urea groups is 1. The number of carbonyl (C=O) groups is 1. The highest BCUT2D eigenvalue weighted by Crippen LogP contribution is 2.31. The topological polar surface area (TPSA) is 67.2 Å². The fourth-order valence-electron chi connectivity index (χ4n) is 2.73. The van der Waals surface area contributed by atoms with Crippen molar-refractivity contribution in [2.24, 2.45) is 11.7 Å². The minimum atomic E-state index is -0.235. The van der Waals surface area contributed by atoms with Gasteiger partial charge >= 0.3 is 6.03 Å². The molecular weight excluding hydrogens is 250 g/mol. The van der Waals surface area contributed by atoms with Crippen LogP contribution in [0.15, 0.2) is 24.3 Å². The summed E-state index contributed by atoms with van der Waals surface area (Å²) in [5.41, 5.74) is 7.65. The molecule has 110 valence electrons. The highest BCUT2D eigenvalue weighted by molar-refractivity contribution is 5.89. The predicted molar refractivity (Wildman–Crippen MR) is 82.8 cm³/mol. The summed E-state index contributed by atoms with van der Waals surface area (Å²) in [6, 6.07) is 7.63. The third kappa shape index (κ3) is 3.73. The van der Waals surface area contributed by atoms with Crippen molar-refractivity contribution in [2.45, 2.75) is 45.1 Å². The zero-order valence-electron chi connectivity index (χ0n) is 12.4. The van der Waals surface area contributed by atoms with Gasteiger partial charge in [-0.1, -0.05) is 24.6 Å². The number of anilines is 1. The second kappa shape index (κ2) is 6.27. The van der Waals surface area contributed by atoms with Gasteiger partial charge < -0.3 is 16.4 Å². The van der Waals surface area contributed by atoms with Crippen LogP contribution in [0.3, 0.4) is 0 Å². The Bertz CT molecular complexity index is 447. The lowest BCUT2D eigenvalue weighted by molar-refractivity contribution is 0.196. The zero-order chi connectivity index (χ0) is 14.6. The first-order valence-corrected chi connectivity index (χ1v) is 7.39. The van der Waals surface area contributed by atoms with Crippen molar-refractivity contribution >= 4 is 11.7 Å². The highest BCUT2D eigenvalue weighted by Gasteiger charge is 2.34. The number of aryl methyl sites for hydroxylation is 1. The second-order valence-corrected chi connectivity index (χ2v) is 6.11. The van der Waals surface area contributed by atoms with Crippen LogP contribution in [0.1, 0.15) is 38.2 Å². The first kappa shape index (κ1) is 14.9. The molecule has 0 bridgehead atoms. The lowest BCUT2D eigenvalue weighted by atomic mass is 9.77. The maximum absolute atomic E-state index is 12.1. The summed E-state index contributed by atoms with van der Waals surface area (Å²) < 4.78 is 0. The molecule has 0 unspecified atom stereocenters. The Morgan fingerprint density at radius 1 is 1.30 bits per heavy atom. The van der Waals surface area contributed by atoms with Gasteiger partial charge in [-0.15, -0.1) is 0 Å². The van der Waals surface area contributed by atoms with E-state index in [0.717, 1.165) is 37.3 Å². The first-order valence-electron chi connectivity index (χ1n) is 7.39. The van der Waals surface area contributed by atoms with Crippen LogP contribution in [0.5, 0.6) is 0 Å².